The molecule has 53 heavy (non-hydrogen) atoms. The lowest BCUT2D eigenvalue weighted by atomic mass is 9.86. The number of benzene rings is 2. The lowest BCUT2D eigenvalue weighted by Crippen LogP contribution is -2.41. The fourth-order valence-corrected chi connectivity index (χ4v) is 6.73. The normalized spacial score (nSPS) is 14.9. The summed E-state index contributed by atoms with van der Waals surface area (Å²) >= 11 is 0. The largest absolute Gasteiger partial charge is 0.466 e. The zero-order valence-corrected chi connectivity index (χ0v) is 30.3. The van der Waals surface area contributed by atoms with Gasteiger partial charge in [-0.2, -0.15) is 26.3 Å². The quantitative estimate of drug-likeness (QED) is 0.140. The summed E-state index contributed by atoms with van der Waals surface area (Å²) in [4.78, 5) is 42.2. The average Bonchev–Trinajstić information content (AvgIpc) is 2.99. The maximum absolute atomic E-state index is 16.8. The Kier molecular flexibility index (Phi) is 12.8. The van der Waals surface area contributed by atoms with Gasteiger partial charge in [0.2, 0.25) is 5.91 Å². The number of likely N-dealkylation sites (tertiary alicyclic amines) is 1. The molecule has 1 aliphatic heterocycles. The first-order chi connectivity index (χ1) is 24.6. The van der Waals surface area contributed by atoms with E-state index in [0.29, 0.717) is 30.3 Å². The summed E-state index contributed by atoms with van der Waals surface area (Å²) in [6.45, 7) is 10.3. The molecule has 2 heterocycles. The highest BCUT2D eigenvalue weighted by Gasteiger charge is 2.43. The van der Waals surface area contributed by atoms with Gasteiger partial charge in [-0.1, -0.05) is 37.6 Å². The number of rotatable bonds is 13. The first-order valence-corrected chi connectivity index (χ1v) is 17.3. The van der Waals surface area contributed by atoms with Crippen LogP contribution in [-0.4, -0.2) is 47.6 Å². The summed E-state index contributed by atoms with van der Waals surface area (Å²) in [6, 6.07) is 1.21. The van der Waals surface area contributed by atoms with Crippen LogP contribution in [0.3, 0.4) is 0 Å². The van der Waals surface area contributed by atoms with Crippen molar-refractivity contribution in [2.45, 2.75) is 91.7 Å². The van der Waals surface area contributed by atoms with E-state index in [4.69, 9.17) is 4.74 Å². The van der Waals surface area contributed by atoms with Gasteiger partial charge in [0.25, 0.3) is 5.56 Å². The number of carbonyl (C=O) groups is 2. The number of hydrogen-bond donors (Lipinski definition) is 1. The Labute approximate surface area is 302 Å². The zero-order chi connectivity index (χ0) is 39.6. The number of ether oxygens (including phenoxy) is 1. The molecule has 1 amide bonds. The fourth-order valence-electron chi connectivity index (χ4n) is 6.73. The lowest BCUT2D eigenvalue weighted by Gasteiger charge is -2.31. The van der Waals surface area contributed by atoms with E-state index in [1.807, 2.05) is 4.90 Å². The van der Waals surface area contributed by atoms with Crippen LogP contribution in [0.4, 0.5) is 35.1 Å². The third-order valence-electron chi connectivity index (χ3n) is 9.39. The highest BCUT2D eigenvalue weighted by Crippen LogP contribution is 2.44. The third kappa shape index (κ3) is 9.46. The van der Waals surface area contributed by atoms with Gasteiger partial charge in [-0.25, -0.2) is 8.78 Å². The SMILES string of the molecule is CCOC(=O)C[C@H](NC(=O)C(CC(C)C)n1cc(CCN2CCC2)c(C(F)(F)F)cc1=O)c1c(F)c(-c2ccc(C)cc2C)c(C)c(C(F)(F)F)c1F. The number of halogens is 8. The van der Waals surface area contributed by atoms with Crippen LogP contribution in [0, 0.1) is 38.3 Å². The summed E-state index contributed by atoms with van der Waals surface area (Å²) in [5.41, 5.74) is -5.98. The van der Waals surface area contributed by atoms with Crippen LogP contribution in [0.2, 0.25) is 0 Å². The van der Waals surface area contributed by atoms with Gasteiger partial charge in [-0.3, -0.25) is 14.4 Å². The van der Waals surface area contributed by atoms with Crippen LogP contribution >= 0.6 is 0 Å². The maximum atomic E-state index is 16.8. The molecule has 3 aromatic rings. The fraction of sp³-hybridized carbons (Fsp3) is 0.500. The molecule has 4 rings (SSSR count). The smallest absolute Gasteiger partial charge is 0.419 e. The van der Waals surface area contributed by atoms with Gasteiger partial charge in [0, 0.05) is 29.9 Å². The van der Waals surface area contributed by atoms with Gasteiger partial charge >= 0.3 is 18.3 Å². The van der Waals surface area contributed by atoms with Crippen molar-refractivity contribution in [1.82, 2.24) is 14.8 Å². The van der Waals surface area contributed by atoms with E-state index in [0.717, 1.165) is 24.1 Å². The summed E-state index contributed by atoms with van der Waals surface area (Å²) in [7, 11) is 0. The zero-order valence-electron chi connectivity index (χ0n) is 30.3. The average molecular weight is 758 g/mol. The number of hydrogen-bond acceptors (Lipinski definition) is 5. The van der Waals surface area contributed by atoms with Gasteiger partial charge in [0.15, 0.2) is 0 Å². The molecule has 290 valence electrons. The lowest BCUT2D eigenvalue weighted by molar-refractivity contribution is -0.144. The minimum atomic E-state index is -5.34. The first-order valence-electron chi connectivity index (χ1n) is 17.3. The van der Waals surface area contributed by atoms with Crippen molar-refractivity contribution < 1.29 is 49.4 Å². The van der Waals surface area contributed by atoms with Crippen molar-refractivity contribution in [3.05, 3.63) is 91.4 Å². The van der Waals surface area contributed by atoms with Crippen molar-refractivity contribution in [3.63, 3.8) is 0 Å². The summed E-state index contributed by atoms with van der Waals surface area (Å²) < 4.78 is 125. The van der Waals surface area contributed by atoms with E-state index < -0.39 is 87.7 Å². The number of alkyl halides is 6. The number of carbonyl (C=O) groups excluding carboxylic acids is 2. The first kappa shape index (κ1) is 41.5. The second kappa shape index (κ2) is 16.4. The molecular formula is C38H43F8N3O4. The number of nitrogens with zero attached hydrogens (tertiary/aromatic N) is 2. The Morgan fingerprint density at radius 2 is 1.62 bits per heavy atom. The summed E-state index contributed by atoms with van der Waals surface area (Å²) in [6.07, 6.45) is -9.72. The van der Waals surface area contributed by atoms with E-state index in [2.05, 4.69) is 5.32 Å². The van der Waals surface area contributed by atoms with Gasteiger partial charge in [-0.05, 0) is 88.2 Å². The Bertz CT molecular complexity index is 1900. The number of esters is 1. The Balaban J connectivity index is 1.92. The number of aromatic nitrogens is 1. The summed E-state index contributed by atoms with van der Waals surface area (Å²) in [5.74, 6) is -6.18. The van der Waals surface area contributed by atoms with Gasteiger partial charge < -0.3 is 19.5 Å². The van der Waals surface area contributed by atoms with Crippen LogP contribution in [-0.2, 0) is 33.1 Å². The minimum absolute atomic E-state index is 0.0123. The van der Waals surface area contributed by atoms with E-state index in [-0.39, 0.29) is 43.0 Å². The Hall–Kier alpha value is -4.27. The van der Waals surface area contributed by atoms with E-state index in [1.165, 1.54) is 26.0 Å². The predicted octanol–water partition coefficient (Wildman–Crippen LogP) is 8.40. The van der Waals surface area contributed by atoms with Crippen molar-refractivity contribution >= 4 is 11.9 Å². The van der Waals surface area contributed by atoms with Crippen molar-refractivity contribution in [3.8, 4) is 11.1 Å². The van der Waals surface area contributed by atoms with Crippen LogP contribution in [0.25, 0.3) is 11.1 Å². The third-order valence-corrected chi connectivity index (χ3v) is 9.39. The van der Waals surface area contributed by atoms with Crippen LogP contribution < -0.4 is 10.9 Å². The van der Waals surface area contributed by atoms with E-state index in [9.17, 15) is 40.7 Å². The second-order valence-electron chi connectivity index (χ2n) is 13.8. The predicted molar refractivity (Wildman–Crippen MR) is 182 cm³/mol. The molecule has 0 spiro atoms. The molecule has 1 N–H and O–H groups in total. The summed E-state index contributed by atoms with van der Waals surface area (Å²) in [5, 5.41) is 2.29. The van der Waals surface area contributed by atoms with Crippen LogP contribution in [0.15, 0.2) is 35.3 Å². The maximum Gasteiger partial charge on any atom is 0.419 e. The van der Waals surface area contributed by atoms with Crippen LogP contribution in [0.1, 0.15) is 91.1 Å². The molecule has 0 radical (unpaired) electrons. The number of aryl methyl sites for hydroxylation is 2. The highest BCUT2D eigenvalue weighted by atomic mass is 19.4. The monoisotopic (exact) mass is 757 g/mol. The van der Waals surface area contributed by atoms with Crippen molar-refractivity contribution in [2.24, 2.45) is 5.92 Å². The molecule has 0 saturated carbocycles. The van der Waals surface area contributed by atoms with Crippen molar-refractivity contribution in [1.29, 1.82) is 0 Å². The molecule has 2 aromatic carbocycles. The molecule has 7 nitrogen and oxygen atoms in total. The molecule has 1 fully saturated rings. The molecule has 1 aromatic heterocycles. The van der Waals surface area contributed by atoms with Gasteiger partial charge in [-0.15, -0.1) is 0 Å². The molecule has 0 bridgehead atoms. The number of pyridine rings is 1. The standard InChI is InChI=1S/C38H43F8N3O4/c1-7-53-30(51)18-27(32-34(39)31(25-10-9-21(4)16-22(25)5)23(6)33(35(32)40)38(44,45)46)47-36(52)28(15-20(2)3)49-19-24(11-14-48-12-8-13-48)26(17-29(49)50)37(41,42)43/h9-10,16-17,19-20,27-28H,7-8,11-15,18H2,1-6H3,(H,47,52)/t27-,28?/m0/s1. The van der Waals surface area contributed by atoms with E-state index >= 15 is 8.78 Å². The molecule has 15 heteroatoms. The van der Waals surface area contributed by atoms with Gasteiger partial charge in [0.1, 0.15) is 17.7 Å². The van der Waals surface area contributed by atoms with E-state index in [1.54, 1.807) is 26.8 Å². The Morgan fingerprint density at radius 3 is 2.15 bits per heavy atom. The molecule has 0 aliphatic carbocycles. The number of nitrogens with one attached hydrogen (secondary N) is 1. The van der Waals surface area contributed by atoms with Crippen LogP contribution in [0.5, 0.6) is 0 Å². The molecule has 1 saturated heterocycles. The topological polar surface area (TPSA) is 80.6 Å². The second-order valence-corrected chi connectivity index (χ2v) is 13.8. The number of amides is 1. The molecule has 1 unspecified atom stereocenters. The van der Waals surface area contributed by atoms with Gasteiger partial charge in [0.05, 0.1) is 30.2 Å². The Morgan fingerprint density at radius 1 is 0.962 bits per heavy atom. The van der Waals surface area contributed by atoms with Crippen molar-refractivity contribution in [2.75, 3.05) is 26.2 Å². The highest BCUT2D eigenvalue weighted by molar-refractivity contribution is 5.82. The minimum Gasteiger partial charge on any atom is -0.466 e. The molecule has 2 atom stereocenters. The molecular weight excluding hydrogens is 714 g/mol. The molecule has 1 aliphatic rings.